The van der Waals surface area contributed by atoms with Crippen LogP contribution in [0.5, 0.6) is 0 Å². The fourth-order valence-electron chi connectivity index (χ4n) is 2.01. The average molecular weight is 266 g/mol. The number of nitrogens with two attached hydrogens (primary N) is 1. The highest BCUT2D eigenvalue weighted by Gasteiger charge is 2.18. The van der Waals surface area contributed by atoms with Gasteiger partial charge in [0.25, 0.3) is 0 Å². The maximum absolute atomic E-state index is 11.2. The predicted molar refractivity (Wildman–Crippen MR) is 76.7 cm³/mol. The summed E-state index contributed by atoms with van der Waals surface area (Å²) in [5, 5.41) is 0.524. The third-order valence-electron chi connectivity index (χ3n) is 3.19. The number of halogens is 1. The van der Waals surface area contributed by atoms with Crippen molar-refractivity contribution in [2.24, 2.45) is 5.73 Å². The number of carbonyl (C=O) groups excluding carboxylic acids is 1. The lowest BCUT2D eigenvalue weighted by atomic mass is 9.88. The molecule has 18 heavy (non-hydrogen) atoms. The first-order valence-corrected chi connectivity index (χ1v) is 6.49. The van der Waals surface area contributed by atoms with Gasteiger partial charge < -0.3 is 5.73 Å². The number of carbonyl (C=O) groups is 1. The van der Waals surface area contributed by atoms with Crippen molar-refractivity contribution in [1.29, 1.82) is 0 Å². The van der Waals surface area contributed by atoms with Gasteiger partial charge in [0.2, 0.25) is 5.91 Å². The highest BCUT2D eigenvalue weighted by atomic mass is 35.5. The van der Waals surface area contributed by atoms with Crippen LogP contribution in [0.2, 0.25) is 0 Å². The largest absolute Gasteiger partial charge is 0.366 e. The smallest absolute Gasteiger partial charge is 0.245 e. The van der Waals surface area contributed by atoms with Gasteiger partial charge in [-0.3, -0.25) is 4.79 Å². The molecule has 1 rings (SSSR count). The Kier molecular flexibility index (Phi) is 4.97. The minimum absolute atomic E-state index is 0.0160. The zero-order valence-electron chi connectivity index (χ0n) is 11.3. The second kappa shape index (κ2) is 6.05. The Balaban J connectivity index is 3.23. The van der Waals surface area contributed by atoms with Gasteiger partial charge in [-0.25, -0.2) is 0 Å². The predicted octanol–water partition coefficient (Wildman–Crippen LogP) is 3.91. The second-order valence-corrected chi connectivity index (χ2v) is 5.25. The quantitative estimate of drug-likeness (QED) is 0.824. The normalized spacial score (nSPS) is 14.3. The molecule has 0 saturated heterocycles. The molecule has 1 atom stereocenters. The molecule has 0 aliphatic rings. The van der Waals surface area contributed by atoms with E-state index in [-0.39, 0.29) is 5.92 Å². The third kappa shape index (κ3) is 3.14. The van der Waals surface area contributed by atoms with Crippen molar-refractivity contribution in [2.45, 2.75) is 39.5 Å². The Labute approximate surface area is 114 Å². The van der Waals surface area contributed by atoms with E-state index >= 15 is 0 Å². The van der Waals surface area contributed by atoms with Crippen LogP contribution in [-0.4, -0.2) is 5.91 Å². The third-order valence-corrected chi connectivity index (χ3v) is 3.80. The maximum atomic E-state index is 11.2. The molecule has 0 fully saturated rings. The summed E-state index contributed by atoms with van der Waals surface area (Å²) >= 11 is 6.27. The van der Waals surface area contributed by atoms with E-state index in [1.807, 2.05) is 19.1 Å². The summed E-state index contributed by atoms with van der Waals surface area (Å²) in [5.74, 6) is -0.0614. The summed E-state index contributed by atoms with van der Waals surface area (Å²) in [6.07, 6.45) is 0. The van der Waals surface area contributed by atoms with Gasteiger partial charge in [-0.2, -0.15) is 0 Å². The van der Waals surface area contributed by atoms with Gasteiger partial charge in [0.1, 0.15) is 0 Å². The molecule has 2 N–H and O–H groups in total. The van der Waals surface area contributed by atoms with Crippen molar-refractivity contribution in [2.75, 3.05) is 0 Å². The van der Waals surface area contributed by atoms with E-state index in [9.17, 15) is 4.79 Å². The van der Waals surface area contributed by atoms with Crippen molar-refractivity contribution in [1.82, 2.24) is 0 Å². The molecule has 0 bridgehead atoms. The lowest BCUT2D eigenvalue weighted by molar-refractivity contribution is -0.114. The summed E-state index contributed by atoms with van der Waals surface area (Å²) in [6.45, 7) is 7.95. The molecule has 0 spiro atoms. The summed E-state index contributed by atoms with van der Waals surface area (Å²) < 4.78 is 0. The summed E-state index contributed by atoms with van der Waals surface area (Å²) in [4.78, 5) is 11.2. The van der Waals surface area contributed by atoms with Gasteiger partial charge in [-0.15, -0.1) is 0 Å². The zero-order chi connectivity index (χ0) is 13.9. The number of allylic oxidation sites excluding steroid dienone is 1. The molecule has 0 heterocycles. The maximum Gasteiger partial charge on any atom is 0.245 e. The van der Waals surface area contributed by atoms with E-state index < -0.39 is 5.91 Å². The highest BCUT2D eigenvalue weighted by molar-refractivity contribution is 6.32. The van der Waals surface area contributed by atoms with Crippen molar-refractivity contribution in [3.8, 4) is 0 Å². The molecule has 0 radical (unpaired) electrons. The van der Waals surface area contributed by atoms with E-state index in [1.54, 1.807) is 6.92 Å². The topological polar surface area (TPSA) is 43.1 Å². The fraction of sp³-hybridized carbons (Fsp3) is 0.400. The standard InChI is InChI=1S/C15H20ClNO/c1-9(2)12-7-5-6-8-13(12)10(3)14(16)11(4)15(17)18/h5-10H,1-4H3,(H2,17,18). The average Bonchev–Trinajstić information content (AvgIpc) is 2.35. The minimum atomic E-state index is -0.464. The number of benzene rings is 1. The van der Waals surface area contributed by atoms with Gasteiger partial charge in [0.05, 0.1) is 0 Å². The first-order valence-electron chi connectivity index (χ1n) is 6.11. The van der Waals surface area contributed by atoms with Crippen LogP contribution < -0.4 is 5.73 Å². The van der Waals surface area contributed by atoms with E-state index in [0.29, 0.717) is 16.5 Å². The van der Waals surface area contributed by atoms with Crippen LogP contribution in [-0.2, 0) is 4.79 Å². The summed E-state index contributed by atoms with van der Waals surface area (Å²) in [7, 11) is 0. The van der Waals surface area contributed by atoms with Crippen LogP contribution in [0.25, 0.3) is 0 Å². The number of amides is 1. The molecular formula is C15H20ClNO. The van der Waals surface area contributed by atoms with Gasteiger partial charge in [0, 0.05) is 16.5 Å². The van der Waals surface area contributed by atoms with Gasteiger partial charge in [0.15, 0.2) is 0 Å². The first-order chi connectivity index (χ1) is 8.36. The Morgan fingerprint density at radius 1 is 1.17 bits per heavy atom. The summed E-state index contributed by atoms with van der Waals surface area (Å²) in [5.41, 5.74) is 8.10. The Hall–Kier alpha value is -1.28. The van der Waals surface area contributed by atoms with E-state index in [0.717, 1.165) is 5.56 Å². The van der Waals surface area contributed by atoms with Crippen LogP contribution in [0.3, 0.4) is 0 Å². The molecule has 1 amide bonds. The molecule has 1 aromatic rings. The van der Waals surface area contributed by atoms with Crippen molar-refractivity contribution >= 4 is 17.5 Å². The van der Waals surface area contributed by atoms with Crippen molar-refractivity contribution < 1.29 is 4.79 Å². The Morgan fingerprint density at radius 2 is 1.67 bits per heavy atom. The molecule has 0 aromatic heterocycles. The first kappa shape index (κ1) is 14.8. The van der Waals surface area contributed by atoms with E-state index in [2.05, 4.69) is 26.0 Å². The molecule has 2 nitrogen and oxygen atoms in total. The fourth-order valence-corrected chi connectivity index (χ4v) is 2.22. The molecule has 0 aliphatic heterocycles. The van der Waals surface area contributed by atoms with Crippen LogP contribution >= 0.6 is 11.6 Å². The molecular weight excluding hydrogens is 246 g/mol. The van der Waals surface area contributed by atoms with E-state index in [4.69, 9.17) is 17.3 Å². The van der Waals surface area contributed by atoms with Crippen LogP contribution in [0.4, 0.5) is 0 Å². The SMILES string of the molecule is CC(C(N)=O)=C(Cl)C(C)c1ccccc1C(C)C. The minimum Gasteiger partial charge on any atom is -0.366 e. The Morgan fingerprint density at radius 3 is 2.11 bits per heavy atom. The van der Waals surface area contributed by atoms with E-state index in [1.165, 1.54) is 5.56 Å². The lowest BCUT2D eigenvalue weighted by Gasteiger charge is -2.19. The second-order valence-electron chi connectivity index (χ2n) is 4.84. The van der Waals surface area contributed by atoms with Crippen LogP contribution in [0.15, 0.2) is 34.9 Å². The van der Waals surface area contributed by atoms with Crippen LogP contribution in [0, 0.1) is 0 Å². The summed E-state index contributed by atoms with van der Waals surface area (Å²) in [6, 6.07) is 8.16. The lowest BCUT2D eigenvalue weighted by Crippen LogP contribution is -2.14. The molecule has 0 saturated carbocycles. The molecule has 98 valence electrons. The van der Waals surface area contributed by atoms with Gasteiger partial charge in [-0.05, 0) is 24.0 Å². The molecule has 1 unspecified atom stereocenters. The zero-order valence-corrected chi connectivity index (χ0v) is 12.1. The molecule has 1 aromatic carbocycles. The molecule has 3 heteroatoms. The number of hydrogen-bond acceptors (Lipinski definition) is 1. The number of primary amides is 1. The Bertz CT molecular complexity index is 477. The highest BCUT2D eigenvalue weighted by Crippen LogP contribution is 2.33. The van der Waals surface area contributed by atoms with Gasteiger partial charge >= 0.3 is 0 Å². The van der Waals surface area contributed by atoms with Crippen molar-refractivity contribution in [3.05, 3.63) is 46.0 Å². The van der Waals surface area contributed by atoms with Crippen molar-refractivity contribution in [3.63, 3.8) is 0 Å². The number of rotatable bonds is 4. The monoisotopic (exact) mass is 265 g/mol. The number of hydrogen-bond donors (Lipinski definition) is 1. The van der Waals surface area contributed by atoms with Gasteiger partial charge in [-0.1, -0.05) is 56.6 Å². The molecule has 0 aliphatic carbocycles. The van der Waals surface area contributed by atoms with Crippen LogP contribution in [0.1, 0.15) is 50.7 Å².